The first-order chi connectivity index (χ1) is 17.0. The van der Waals surface area contributed by atoms with Gasteiger partial charge in [0.15, 0.2) is 12.3 Å². The summed E-state index contributed by atoms with van der Waals surface area (Å²) in [6.07, 6.45) is -1.02. The largest absolute Gasteiger partial charge is 0.453 e. The van der Waals surface area contributed by atoms with Crippen molar-refractivity contribution in [2.75, 3.05) is 7.11 Å². The van der Waals surface area contributed by atoms with E-state index in [2.05, 4.69) is 0 Å². The molecule has 0 radical (unpaired) electrons. The third kappa shape index (κ3) is 5.43. The Morgan fingerprint density at radius 3 is 2.31 bits per heavy atom. The van der Waals surface area contributed by atoms with E-state index in [9.17, 15) is 14.4 Å². The molecule has 1 aliphatic rings. The molecule has 0 aliphatic carbocycles. The van der Waals surface area contributed by atoms with E-state index in [1.54, 1.807) is 24.3 Å². The van der Waals surface area contributed by atoms with Crippen molar-refractivity contribution in [1.82, 2.24) is 9.13 Å². The highest BCUT2D eigenvalue weighted by molar-refractivity contribution is 5.89. The van der Waals surface area contributed by atoms with E-state index < -0.39 is 41.8 Å². The highest BCUT2D eigenvalue weighted by Crippen LogP contribution is 2.34. The molecule has 2 aromatic carbocycles. The Kier molecular flexibility index (Phi) is 7.91. The number of esters is 1. The minimum absolute atomic E-state index is 0.221. The Balaban J connectivity index is 1.55. The van der Waals surface area contributed by atoms with Gasteiger partial charge in [-0.3, -0.25) is 9.36 Å². The number of nitrogens with zero attached hydrogens (tertiary/aromatic N) is 2. The molecule has 9 heteroatoms. The average molecular weight is 481 g/mol. The maximum Gasteiger partial charge on any atom is 0.338 e. The number of hydrogen-bond acceptors (Lipinski definition) is 7. The zero-order valence-corrected chi connectivity index (χ0v) is 19.6. The SMILES string of the molecule is CC[C@H]1O[C@@H](n2ccc(=O)n(COCc3ccccc3)c2=O)[C@@H](OC)C1OC(=O)c1ccccc1. The van der Waals surface area contributed by atoms with Crippen LogP contribution in [-0.2, 0) is 32.3 Å². The predicted octanol–water partition coefficient (Wildman–Crippen LogP) is 2.73. The van der Waals surface area contributed by atoms with E-state index in [1.165, 1.54) is 23.9 Å². The van der Waals surface area contributed by atoms with Gasteiger partial charge in [0.2, 0.25) is 0 Å². The molecule has 35 heavy (non-hydrogen) atoms. The Labute approximate surface area is 202 Å². The summed E-state index contributed by atoms with van der Waals surface area (Å²) in [5.74, 6) is -0.507. The molecular weight excluding hydrogens is 452 g/mol. The molecule has 0 amide bonds. The van der Waals surface area contributed by atoms with Crippen LogP contribution in [0.15, 0.2) is 82.5 Å². The Hall–Kier alpha value is -3.53. The predicted molar refractivity (Wildman–Crippen MR) is 127 cm³/mol. The second kappa shape index (κ2) is 11.3. The van der Waals surface area contributed by atoms with Crippen molar-refractivity contribution < 1.29 is 23.7 Å². The van der Waals surface area contributed by atoms with Crippen LogP contribution < -0.4 is 11.2 Å². The number of methoxy groups -OCH3 is 1. The normalized spacial score (nSPS) is 21.7. The van der Waals surface area contributed by atoms with E-state index >= 15 is 0 Å². The minimum atomic E-state index is -0.896. The van der Waals surface area contributed by atoms with Gasteiger partial charge in [-0.1, -0.05) is 55.5 Å². The van der Waals surface area contributed by atoms with Gasteiger partial charge in [-0.15, -0.1) is 0 Å². The summed E-state index contributed by atoms with van der Waals surface area (Å²) in [7, 11) is 1.46. The van der Waals surface area contributed by atoms with Gasteiger partial charge in [-0.05, 0) is 24.1 Å². The second-order valence-electron chi connectivity index (χ2n) is 8.14. The molecular formula is C26H28N2O7. The maximum atomic E-state index is 13.2. The lowest BCUT2D eigenvalue weighted by molar-refractivity contribution is -0.0571. The molecule has 1 aliphatic heterocycles. The summed E-state index contributed by atoms with van der Waals surface area (Å²) in [5, 5.41) is 0. The van der Waals surface area contributed by atoms with E-state index in [4.69, 9.17) is 18.9 Å². The molecule has 0 spiro atoms. The van der Waals surface area contributed by atoms with Gasteiger partial charge < -0.3 is 18.9 Å². The monoisotopic (exact) mass is 480 g/mol. The number of rotatable bonds is 9. The topological polar surface area (TPSA) is 98.0 Å². The van der Waals surface area contributed by atoms with Crippen LogP contribution in [0.2, 0.25) is 0 Å². The van der Waals surface area contributed by atoms with Crippen molar-refractivity contribution in [2.24, 2.45) is 0 Å². The maximum absolute atomic E-state index is 13.2. The van der Waals surface area contributed by atoms with E-state index in [1.807, 2.05) is 43.3 Å². The average Bonchev–Trinajstić information content (AvgIpc) is 3.24. The molecule has 1 fully saturated rings. The van der Waals surface area contributed by atoms with E-state index in [0.717, 1.165) is 10.1 Å². The number of ether oxygens (including phenoxy) is 4. The molecule has 4 rings (SSSR count). The number of aromatic nitrogens is 2. The van der Waals surface area contributed by atoms with Gasteiger partial charge in [0.1, 0.15) is 12.8 Å². The van der Waals surface area contributed by atoms with Crippen molar-refractivity contribution >= 4 is 5.97 Å². The number of carbonyl (C=O) groups is 1. The fourth-order valence-electron chi connectivity index (χ4n) is 4.09. The standard InChI is InChI=1S/C26H28N2O7/c1-3-20-22(35-25(30)19-12-8-5-9-13-19)23(32-2)24(34-20)27-15-14-21(29)28(26(27)31)17-33-16-18-10-6-4-7-11-18/h4-15,20,22-24H,3,16-17H2,1-2H3/t20-,22?,23+,24-/m1/s1. The molecule has 0 bridgehead atoms. The van der Waals surface area contributed by atoms with Gasteiger partial charge in [0.25, 0.3) is 5.56 Å². The summed E-state index contributed by atoms with van der Waals surface area (Å²) >= 11 is 0. The first-order valence-corrected chi connectivity index (χ1v) is 11.4. The number of hydrogen-bond donors (Lipinski definition) is 0. The third-order valence-electron chi connectivity index (χ3n) is 5.91. The lowest BCUT2D eigenvalue weighted by Crippen LogP contribution is -2.44. The number of benzene rings is 2. The minimum Gasteiger partial charge on any atom is -0.453 e. The summed E-state index contributed by atoms with van der Waals surface area (Å²) in [6.45, 7) is 1.92. The van der Waals surface area contributed by atoms with Crippen LogP contribution in [0.25, 0.3) is 0 Å². The van der Waals surface area contributed by atoms with Crippen LogP contribution in [0.5, 0.6) is 0 Å². The first-order valence-electron chi connectivity index (χ1n) is 11.4. The summed E-state index contributed by atoms with van der Waals surface area (Å²) in [4.78, 5) is 38.3. The molecule has 4 atom stereocenters. The molecule has 2 heterocycles. The first kappa shape index (κ1) is 24.6. The third-order valence-corrected chi connectivity index (χ3v) is 5.91. The number of carbonyl (C=O) groups excluding carboxylic acids is 1. The highest BCUT2D eigenvalue weighted by atomic mass is 16.6. The molecule has 1 unspecified atom stereocenters. The highest BCUT2D eigenvalue weighted by Gasteiger charge is 2.48. The van der Waals surface area contributed by atoms with Gasteiger partial charge in [0, 0.05) is 19.4 Å². The lowest BCUT2D eigenvalue weighted by atomic mass is 10.1. The second-order valence-corrected chi connectivity index (χ2v) is 8.14. The van der Waals surface area contributed by atoms with Crippen molar-refractivity contribution in [3.05, 3.63) is 105 Å². The van der Waals surface area contributed by atoms with Gasteiger partial charge in [-0.25, -0.2) is 14.2 Å². The van der Waals surface area contributed by atoms with Crippen LogP contribution >= 0.6 is 0 Å². The summed E-state index contributed by atoms with van der Waals surface area (Å²) in [5.41, 5.74) is 0.221. The fourth-order valence-corrected chi connectivity index (χ4v) is 4.09. The van der Waals surface area contributed by atoms with E-state index in [-0.39, 0.29) is 13.3 Å². The van der Waals surface area contributed by atoms with Gasteiger partial charge >= 0.3 is 11.7 Å². The Morgan fingerprint density at radius 2 is 1.66 bits per heavy atom. The van der Waals surface area contributed by atoms with Gasteiger partial charge in [0.05, 0.1) is 18.3 Å². The summed E-state index contributed by atoms with van der Waals surface area (Å²) < 4.78 is 25.4. The Bertz CT molecular complexity index is 1240. The van der Waals surface area contributed by atoms with Gasteiger partial charge in [-0.2, -0.15) is 0 Å². The van der Waals surface area contributed by atoms with Crippen molar-refractivity contribution in [2.45, 2.75) is 51.2 Å². The van der Waals surface area contributed by atoms with Crippen LogP contribution in [0, 0.1) is 0 Å². The molecule has 9 nitrogen and oxygen atoms in total. The van der Waals surface area contributed by atoms with Crippen LogP contribution in [0.4, 0.5) is 0 Å². The molecule has 1 aromatic heterocycles. The van der Waals surface area contributed by atoms with Crippen molar-refractivity contribution in [3.63, 3.8) is 0 Å². The van der Waals surface area contributed by atoms with Crippen LogP contribution in [-0.4, -0.2) is 40.5 Å². The smallest absolute Gasteiger partial charge is 0.338 e. The molecule has 1 saturated heterocycles. The Morgan fingerprint density at radius 1 is 0.971 bits per heavy atom. The zero-order chi connectivity index (χ0) is 24.8. The quantitative estimate of drug-likeness (QED) is 0.435. The van der Waals surface area contributed by atoms with E-state index in [0.29, 0.717) is 12.0 Å². The zero-order valence-electron chi connectivity index (χ0n) is 19.6. The van der Waals surface area contributed by atoms with Crippen LogP contribution in [0.1, 0.15) is 35.5 Å². The lowest BCUT2D eigenvalue weighted by Gasteiger charge is -2.23. The fraction of sp³-hybridized carbons (Fsp3) is 0.346. The molecule has 184 valence electrons. The van der Waals surface area contributed by atoms with Crippen LogP contribution in [0.3, 0.4) is 0 Å². The summed E-state index contributed by atoms with van der Waals surface area (Å²) in [6, 6.07) is 19.3. The van der Waals surface area contributed by atoms with Crippen molar-refractivity contribution in [3.8, 4) is 0 Å². The van der Waals surface area contributed by atoms with Crippen molar-refractivity contribution in [1.29, 1.82) is 0 Å². The molecule has 3 aromatic rings. The molecule has 0 saturated carbocycles. The molecule has 0 N–H and O–H groups in total.